The third kappa shape index (κ3) is 3.53. The summed E-state index contributed by atoms with van der Waals surface area (Å²) in [5, 5.41) is 13.5. The van der Waals surface area contributed by atoms with E-state index in [0.717, 1.165) is 48.2 Å². The molecule has 2 heterocycles. The maximum Gasteiger partial charge on any atom is 0.272 e. The molecular weight excluding hydrogens is 400 g/mol. The first-order valence-corrected chi connectivity index (χ1v) is 10.6. The van der Waals surface area contributed by atoms with Gasteiger partial charge < -0.3 is 15.0 Å². The molecule has 5 rings (SSSR count). The van der Waals surface area contributed by atoms with Crippen molar-refractivity contribution in [1.82, 2.24) is 14.9 Å². The molecule has 0 saturated heterocycles. The Morgan fingerprint density at radius 3 is 2.77 bits per heavy atom. The van der Waals surface area contributed by atoms with E-state index in [4.69, 9.17) is 0 Å². The molecule has 31 heavy (non-hydrogen) atoms. The number of hydrogen-bond donors (Lipinski definition) is 2. The number of rotatable bonds is 3. The van der Waals surface area contributed by atoms with Gasteiger partial charge >= 0.3 is 0 Å². The van der Waals surface area contributed by atoms with Crippen molar-refractivity contribution in [2.24, 2.45) is 0 Å². The topological polar surface area (TPSA) is 67.2 Å². The molecule has 3 aromatic rings. The van der Waals surface area contributed by atoms with Crippen molar-refractivity contribution in [3.63, 3.8) is 0 Å². The number of aliphatic hydroxyl groups is 1. The number of amides is 1. The van der Waals surface area contributed by atoms with E-state index in [-0.39, 0.29) is 5.91 Å². The Kier molecular flexibility index (Phi) is 5.06. The largest absolute Gasteiger partial charge is 0.390 e. The third-order valence-electron chi connectivity index (χ3n) is 6.25. The van der Waals surface area contributed by atoms with Crippen LogP contribution in [0.25, 0.3) is 11.4 Å². The summed E-state index contributed by atoms with van der Waals surface area (Å²) in [6.07, 6.45) is 3.35. The molecule has 0 unspecified atom stereocenters. The van der Waals surface area contributed by atoms with Gasteiger partial charge in [0.2, 0.25) is 0 Å². The minimum Gasteiger partial charge on any atom is -0.390 e. The number of nitrogens with zero attached hydrogens (tertiary/aromatic N) is 2. The number of halogens is 2. The van der Waals surface area contributed by atoms with Gasteiger partial charge in [0, 0.05) is 18.5 Å². The van der Waals surface area contributed by atoms with Crippen LogP contribution in [0.3, 0.4) is 0 Å². The van der Waals surface area contributed by atoms with Gasteiger partial charge in [0.05, 0.1) is 17.8 Å². The highest BCUT2D eigenvalue weighted by atomic mass is 19.2. The van der Waals surface area contributed by atoms with Crippen molar-refractivity contribution in [2.45, 2.75) is 50.8 Å². The zero-order valence-corrected chi connectivity index (χ0v) is 16.9. The second-order valence-electron chi connectivity index (χ2n) is 8.24. The van der Waals surface area contributed by atoms with Crippen LogP contribution in [0, 0.1) is 11.6 Å². The molecule has 1 aliphatic heterocycles. The molecule has 2 atom stereocenters. The van der Waals surface area contributed by atoms with E-state index in [1.807, 2.05) is 28.8 Å². The van der Waals surface area contributed by atoms with Crippen LogP contribution in [-0.2, 0) is 19.4 Å². The van der Waals surface area contributed by atoms with E-state index in [1.165, 1.54) is 6.07 Å². The highest BCUT2D eigenvalue weighted by Gasteiger charge is 2.34. The minimum atomic E-state index is -0.944. The zero-order valence-electron chi connectivity index (χ0n) is 16.9. The van der Waals surface area contributed by atoms with Crippen molar-refractivity contribution in [3.05, 3.63) is 76.6 Å². The van der Waals surface area contributed by atoms with Crippen LogP contribution in [0.2, 0.25) is 0 Å². The van der Waals surface area contributed by atoms with Gasteiger partial charge in [-0.3, -0.25) is 4.79 Å². The molecule has 160 valence electrons. The van der Waals surface area contributed by atoms with Crippen molar-refractivity contribution in [2.75, 3.05) is 0 Å². The number of fused-ring (bicyclic) bond motifs is 2. The van der Waals surface area contributed by atoms with Crippen LogP contribution in [0.15, 0.2) is 42.5 Å². The summed E-state index contributed by atoms with van der Waals surface area (Å²) in [5.74, 6) is -1.76. The number of aromatic nitrogens is 2. The van der Waals surface area contributed by atoms with E-state index in [2.05, 4.69) is 10.3 Å². The lowest BCUT2D eigenvalue weighted by molar-refractivity contribution is 0.0852. The van der Waals surface area contributed by atoms with Crippen molar-refractivity contribution < 1.29 is 18.7 Å². The summed E-state index contributed by atoms with van der Waals surface area (Å²) >= 11 is 0. The fraction of sp³-hybridized carbons (Fsp3) is 0.333. The second-order valence-corrected chi connectivity index (χ2v) is 8.24. The number of carbonyl (C=O) groups excluding carboxylic acids is 1. The van der Waals surface area contributed by atoms with Gasteiger partial charge in [-0.2, -0.15) is 0 Å². The van der Waals surface area contributed by atoms with Crippen LogP contribution in [0.4, 0.5) is 8.78 Å². The first kappa shape index (κ1) is 19.9. The van der Waals surface area contributed by atoms with E-state index in [0.29, 0.717) is 36.5 Å². The molecule has 1 aromatic heterocycles. The molecule has 0 spiro atoms. The van der Waals surface area contributed by atoms with Gasteiger partial charge in [-0.1, -0.05) is 30.7 Å². The fourth-order valence-corrected chi connectivity index (χ4v) is 4.71. The molecule has 2 N–H and O–H groups in total. The molecular formula is C24H23F2N3O2. The van der Waals surface area contributed by atoms with Crippen LogP contribution < -0.4 is 5.32 Å². The van der Waals surface area contributed by atoms with E-state index in [1.54, 1.807) is 0 Å². The van der Waals surface area contributed by atoms with Crippen molar-refractivity contribution in [3.8, 4) is 11.4 Å². The molecule has 0 bridgehead atoms. The van der Waals surface area contributed by atoms with Crippen molar-refractivity contribution in [1.29, 1.82) is 0 Å². The predicted molar refractivity (Wildman–Crippen MR) is 111 cm³/mol. The van der Waals surface area contributed by atoms with E-state index < -0.39 is 23.8 Å². The molecule has 2 aromatic carbocycles. The molecule has 5 nitrogen and oxygen atoms in total. The second kappa shape index (κ2) is 7.89. The number of imidazole rings is 1. The van der Waals surface area contributed by atoms with Gasteiger partial charge in [0.25, 0.3) is 5.91 Å². The molecule has 0 saturated carbocycles. The standard InChI is InChI=1S/C24H23F2N3O2/c25-17-10-9-15(12-18(17)26)23-27-22(19-8-2-1-5-11-29(19)23)24(31)28-21-16-7-4-3-6-14(16)13-20(21)30/h3-4,6-7,9-10,12,20-21,30H,1-2,5,8,11,13H2,(H,28,31)/t20-,21-/m0/s1. The van der Waals surface area contributed by atoms with Crippen LogP contribution in [0.5, 0.6) is 0 Å². The summed E-state index contributed by atoms with van der Waals surface area (Å²) in [5.41, 5.74) is 3.46. The number of aliphatic hydroxyl groups excluding tert-OH is 1. The monoisotopic (exact) mass is 423 g/mol. The predicted octanol–water partition coefficient (Wildman–Crippen LogP) is 3.94. The molecule has 1 aliphatic carbocycles. The number of carbonyl (C=O) groups is 1. The molecule has 2 aliphatic rings. The molecule has 1 amide bonds. The summed E-state index contributed by atoms with van der Waals surface area (Å²) < 4.78 is 29.3. The molecule has 7 heteroatoms. The average molecular weight is 423 g/mol. The summed E-state index contributed by atoms with van der Waals surface area (Å²) in [6.45, 7) is 0.666. The van der Waals surface area contributed by atoms with Gasteiger partial charge in [-0.05, 0) is 48.6 Å². The van der Waals surface area contributed by atoms with Gasteiger partial charge in [-0.25, -0.2) is 13.8 Å². The lowest BCUT2D eigenvalue weighted by atomic mass is 10.1. The van der Waals surface area contributed by atoms with Gasteiger partial charge in [-0.15, -0.1) is 0 Å². The Bertz CT molecular complexity index is 1160. The Balaban J connectivity index is 1.52. The van der Waals surface area contributed by atoms with Gasteiger partial charge in [0.15, 0.2) is 11.6 Å². The average Bonchev–Trinajstić information content (AvgIpc) is 3.16. The highest BCUT2D eigenvalue weighted by molar-refractivity contribution is 5.94. The highest BCUT2D eigenvalue weighted by Crippen LogP contribution is 2.33. The van der Waals surface area contributed by atoms with Crippen LogP contribution >= 0.6 is 0 Å². The lowest BCUT2D eigenvalue weighted by Gasteiger charge is -2.17. The van der Waals surface area contributed by atoms with Crippen LogP contribution in [-0.4, -0.2) is 26.7 Å². The quantitative estimate of drug-likeness (QED) is 0.671. The third-order valence-corrected chi connectivity index (χ3v) is 6.25. The Hall–Kier alpha value is -3.06. The number of nitrogens with one attached hydrogen (secondary N) is 1. The maximum atomic E-state index is 13.9. The van der Waals surface area contributed by atoms with E-state index in [9.17, 15) is 18.7 Å². The number of benzene rings is 2. The van der Waals surface area contributed by atoms with Crippen molar-refractivity contribution >= 4 is 5.91 Å². The molecule has 0 radical (unpaired) electrons. The number of hydrogen-bond acceptors (Lipinski definition) is 3. The Morgan fingerprint density at radius 2 is 1.94 bits per heavy atom. The van der Waals surface area contributed by atoms with E-state index >= 15 is 0 Å². The minimum absolute atomic E-state index is 0.290. The first-order chi connectivity index (χ1) is 15.0. The fourth-order valence-electron chi connectivity index (χ4n) is 4.71. The zero-order chi connectivity index (χ0) is 21.5. The SMILES string of the molecule is O=C(N[C@H]1c2ccccc2C[C@@H]1O)c1nc(-c2ccc(F)c(F)c2)n2c1CCCCC2. The lowest BCUT2D eigenvalue weighted by Crippen LogP contribution is -2.34. The van der Waals surface area contributed by atoms with Crippen LogP contribution in [0.1, 0.15) is 52.6 Å². The normalized spacial score (nSPS) is 20.1. The summed E-state index contributed by atoms with van der Waals surface area (Å²) in [7, 11) is 0. The summed E-state index contributed by atoms with van der Waals surface area (Å²) in [6, 6.07) is 10.9. The van der Waals surface area contributed by atoms with Gasteiger partial charge in [0.1, 0.15) is 11.5 Å². The summed E-state index contributed by atoms with van der Waals surface area (Å²) in [4.78, 5) is 17.9. The Morgan fingerprint density at radius 1 is 1.10 bits per heavy atom. The maximum absolute atomic E-state index is 13.9. The Labute approximate surface area is 178 Å². The molecule has 0 fully saturated rings. The smallest absolute Gasteiger partial charge is 0.272 e. The first-order valence-electron chi connectivity index (χ1n) is 10.6.